The molecule has 0 saturated heterocycles. The third-order valence-electron chi connectivity index (χ3n) is 7.85. The molecule has 6 heteroatoms. The summed E-state index contributed by atoms with van der Waals surface area (Å²) < 4.78 is 11.1. The van der Waals surface area contributed by atoms with Crippen molar-refractivity contribution in [3.63, 3.8) is 0 Å². The molecule has 6 rings (SSSR count). The van der Waals surface area contributed by atoms with Crippen molar-refractivity contribution in [2.75, 3.05) is 14.2 Å². The summed E-state index contributed by atoms with van der Waals surface area (Å²) in [6.07, 6.45) is 13.0. The van der Waals surface area contributed by atoms with Crippen LogP contribution in [0.15, 0.2) is 82.8 Å². The molecule has 35 heavy (non-hydrogen) atoms. The van der Waals surface area contributed by atoms with Crippen molar-refractivity contribution in [1.82, 2.24) is 5.32 Å². The van der Waals surface area contributed by atoms with Crippen LogP contribution in [0.25, 0.3) is 10.8 Å². The lowest BCUT2D eigenvalue weighted by atomic mass is 9.66. The first-order valence-corrected chi connectivity index (χ1v) is 12.4. The molecule has 0 fully saturated rings. The van der Waals surface area contributed by atoms with Crippen molar-refractivity contribution in [3.05, 3.63) is 84.0 Å². The van der Waals surface area contributed by atoms with Crippen molar-refractivity contribution in [2.24, 2.45) is 27.7 Å². The Labute approximate surface area is 205 Å². The summed E-state index contributed by atoms with van der Waals surface area (Å²) in [5.74, 6) is 1.91. The number of ether oxygens (including phenoxy) is 2. The second kappa shape index (κ2) is 9.19. The molecule has 0 radical (unpaired) electrons. The topological polar surface area (TPSA) is 75.4 Å². The largest absolute Gasteiger partial charge is 0.392 e. The van der Waals surface area contributed by atoms with E-state index in [-0.39, 0.29) is 29.8 Å². The van der Waals surface area contributed by atoms with Gasteiger partial charge in [0.05, 0.1) is 18.1 Å². The SMILES string of the molecule is COC1C=CC(C2=NC(OC)NC(C3Cc4c(ccc5ccccc45)C4C=CC=CC34)=N2)C(O)C1. The average Bonchev–Trinajstić information content (AvgIpc) is 2.91. The van der Waals surface area contributed by atoms with Crippen molar-refractivity contribution in [2.45, 2.75) is 37.3 Å². The highest BCUT2D eigenvalue weighted by Gasteiger charge is 2.40. The first kappa shape index (κ1) is 22.4. The van der Waals surface area contributed by atoms with Gasteiger partial charge in [-0.15, -0.1) is 0 Å². The first-order chi connectivity index (χ1) is 17.2. The van der Waals surface area contributed by atoms with Gasteiger partial charge in [0, 0.05) is 32.5 Å². The number of aliphatic hydroxyl groups is 1. The van der Waals surface area contributed by atoms with E-state index in [4.69, 9.17) is 14.5 Å². The Bertz CT molecular complexity index is 1280. The molecule has 7 unspecified atom stereocenters. The Morgan fingerprint density at radius 3 is 2.63 bits per heavy atom. The van der Waals surface area contributed by atoms with Crippen LogP contribution in [0.4, 0.5) is 0 Å². The number of allylic oxidation sites excluding steroid dienone is 4. The Morgan fingerprint density at radius 2 is 1.80 bits per heavy atom. The second-order valence-electron chi connectivity index (χ2n) is 9.74. The highest BCUT2D eigenvalue weighted by atomic mass is 16.5. The maximum absolute atomic E-state index is 10.9. The van der Waals surface area contributed by atoms with Crippen LogP contribution in [0, 0.1) is 17.8 Å². The van der Waals surface area contributed by atoms with Gasteiger partial charge in [-0.25, -0.2) is 9.98 Å². The molecule has 2 aromatic rings. The lowest BCUT2D eigenvalue weighted by Crippen LogP contribution is -2.49. The number of rotatable bonds is 4. The van der Waals surface area contributed by atoms with E-state index in [1.165, 1.54) is 21.9 Å². The van der Waals surface area contributed by atoms with Crippen molar-refractivity contribution in [1.29, 1.82) is 0 Å². The third kappa shape index (κ3) is 3.96. The first-order valence-electron chi connectivity index (χ1n) is 12.4. The Morgan fingerprint density at radius 1 is 0.943 bits per heavy atom. The van der Waals surface area contributed by atoms with Crippen LogP contribution >= 0.6 is 0 Å². The molecule has 2 N–H and O–H groups in total. The fourth-order valence-electron chi connectivity index (χ4n) is 6.04. The number of hydrogen-bond donors (Lipinski definition) is 2. The van der Waals surface area contributed by atoms with E-state index >= 15 is 0 Å². The van der Waals surface area contributed by atoms with Crippen LogP contribution in [0.3, 0.4) is 0 Å². The highest BCUT2D eigenvalue weighted by molar-refractivity contribution is 6.02. The molecule has 3 aliphatic carbocycles. The molecule has 1 aliphatic heterocycles. The molecule has 6 nitrogen and oxygen atoms in total. The van der Waals surface area contributed by atoms with Gasteiger partial charge < -0.3 is 19.9 Å². The standard InChI is InChI=1S/C29H31N3O3/c1-34-18-12-14-23(26(33)15-18)27-30-28(32-29(31-27)35-2)25-16-24-19-8-4-3-7-17(19)11-13-22(24)20-9-5-6-10-21(20)25/h3-14,18,20-21,23,25-26,29,33H,15-16H2,1-2H3,(H,30,31,32). The van der Waals surface area contributed by atoms with E-state index in [9.17, 15) is 5.11 Å². The van der Waals surface area contributed by atoms with E-state index in [0.717, 1.165) is 12.3 Å². The smallest absolute Gasteiger partial charge is 0.228 e. The van der Waals surface area contributed by atoms with Crippen LogP contribution in [0.1, 0.15) is 23.5 Å². The predicted molar refractivity (Wildman–Crippen MR) is 139 cm³/mol. The van der Waals surface area contributed by atoms with E-state index in [0.29, 0.717) is 12.3 Å². The van der Waals surface area contributed by atoms with E-state index in [2.05, 4.69) is 71.0 Å². The molecule has 0 aromatic heterocycles. The molecule has 180 valence electrons. The Hall–Kier alpha value is -3.06. The minimum absolute atomic E-state index is 0.0895. The molecular formula is C29H31N3O3. The number of benzene rings is 2. The quantitative estimate of drug-likeness (QED) is 0.661. The van der Waals surface area contributed by atoms with Gasteiger partial charge in [-0.1, -0.05) is 72.9 Å². The third-order valence-corrected chi connectivity index (χ3v) is 7.85. The van der Waals surface area contributed by atoms with Gasteiger partial charge in [0.25, 0.3) is 0 Å². The van der Waals surface area contributed by atoms with Gasteiger partial charge in [0.15, 0.2) is 0 Å². The molecule has 0 bridgehead atoms. The van der Waals surface area contributed by atoms with Crippen molar-refractivity contribution >= 4 is 22.4 Å². The fraction of sp³-hybridized carbons (Fsp3) is 0.379. The van der Waals surface area contributed by atoms with Gasteiger partial charge in [-0.3, -0.25) is 0 Å². The summed E-state index contributed by atoms with van der Waals surface area (Å²) in [6.45, 7) is 0. The Kier molecular flexibility index (Phi) is 5.88. The van der Waals surface area contributed by atoms with Gasteiger partial charge in [0.1, 0.15) is 11.7 Å². The van der Waals surface area contributed by atoms with Crippen molar-refractivity contribution < 1.29 is 14.6 Å². The zero-order valence-corrected chi connectivity index (χ0v) is 20.0. The zero-order valence-electron chi connectivity index (χ0n) is 20.0. The molecular weight excluding hydrogens is 438 g/mol. The molecule has 1 heterocycles. The van der Waals surface area contributed by atoms with Crippen LogP contribution in [-0.4, -0.2) is 49.6 Å². The van der Waals surface area contributed by atoms with E-state index in [1.54, 1.807) is 14.2 Å². The highest BCUT2D eigenvalue weighted by Crippen LogP contribution is 2.45. The molecule has 0 saturated carbocycles. The maximum Gasteiger partial charge on any atom is 0.228 e. The van der Waals surface area contributed by atoms with Crippen LogP contribution in [-0.2, 0) is 15.9 Å². The summed E-state index contributed by atoms with van der Waals surface area (Å²) in [7, 11) is 3.31. The minimum Gasteiger partial charge on any atom is -0.392 e. The monoisotopic (exact) mass is 469 g/mol. The number of aliphatic hydroxyl groups excluding tert-OH is 1. The van der Waals surface area contributed by atoms with Gasteiger partial charge in [-0.05, 0) is 34.2 Å². The summed E-state index contributed by atoms with van der Waals surface area (Å²) in [5, 5.41) is 16.9. The summed E-state index contributed by atoms with van der Waals surface area (Å²) in [5.41, 5.74) is 2.78. The number of methoxy groups -OCH3 is 2. The summed E-state index contributed by atoms with van der Waals surface area (Å²) in [6, 6.07) is 13.2. The lowest BCUT2D eigenvalue weighted by Gasteiger charge is -2.41. The summed E-state index contributed by atoms with van der Waals surface area (Å²) in [4.78, 5) is 9.72. The van der Waals surface area contributed by atoms with Gasteiger partial charge in [0.2, 0.25) is 6.35 Å². The molecule has 2 aromatic carbocycles. The van der Waals surface area contributed by atoms with Gasteiger partial charge >= 0.3 is 0 Å². The number of fused-ring (bicyclic) bond motifs is 5. The predicted octanol–water partition coefficient (Wildman–Crippen LogP) is 4.12. The number of nitrogens with one attached hydrogen (secondary N) is 1. The Balaban J connectivity index is 1.41. The van der Waals surface area contributed by atoms with Crippen LogP contribution < -0.4 is 5.32 Å². The van der Waals surface area contributed by atoms with Crippen LogP contribution in [0.2, 0.25) is 0 Å². The molecule has 7 atom stereocenters. The van der Waals surface area contributed by atoms with E-state index < -0.39 is 12.5 Å². The summed E-state index contributed by atoms with van der Waals surface area (Å²) >= 11 is 0. The second-order valence-corrected chi connectivity index (χ2v) is 9.74. The van der Waals surface area contributed by atoms with Crippen LogP contribution in [0.5, 0.6) is 0 Å². The molecule has 4 aliphatic rings. The normalized spacial score (nSPS) is 33.5. The average molecular weight is 470 g/mol. The number of nitrogens with zero attached hydrogens (tertiary/aromatic N) is 2. The lowest BCUT2D eigenvalue weighted by molar-refractivity contribution is 0.0530. The van der Waals surface area contributed by atoms with Gasteiger partial charge in [-0.2, -0.15) is 0 Å². The van der Waals surface area contributed by atoms with Crippen molar-refractivity contribution in [3.8, 4) is 0 Å². The minimum atomic E-state index is -0.606. The number of hydrogen-bond acceptors (Lipinski definition) is 6. The zero-order chi connectivity index (χ0) is 23.9. The molecule has 0 spiro atoms. The number of aliphatic imine (C=N–C) groups is 2. The van der Waals surface area contributed by atoms with E-state index in [1.807, 2.05) is 12.2 Å². The molecule has 0 amide bonds. The fourth-order valence-corrected chi connectivity index (χ4v) is 6.04. The maximum atomic E-state index is 10.9. The number of amidine groups is 2.